The molecule has 1 fully saturated rings. The molecule has 0 aromatic heterocycles. The van der Waals surface area contributed by atoms with Crippen LogP contribution in [0.25, 0.3) is 0 Å². The lowest BCUT2D eigenvalue weighted by Crippen LogP contribution is -2.48. The fourth-order valence-electron chi connectivity index (χ4n) is 3.34. The summed E-state index contributed by atoms with van der Waals surface area (Å²) in [5.41, 5.74) is -0.453. The number of rotatable bonds is 6. The van der Waals surface area contributed by atoms with Gasteiger partial charge < -0.3 is 9.47 Å². The zero-order valence-electron chi connectivity index (χ0n) is 12.3. The molecule has 1 unspecified atom stereocenters. The maximum atomic E-state index is 12.5. The third kappa shape index (κ3) is 3.05. The Morgan fingerprint density at radius 2 is 1.89 bits per heavy atom. The fourth-order valence-corrected chi connectivity index (χ4v) is 3.34. The van der Waals surface area contributed by atoms with Gasteiger partial charge in [0, 0.05) is 7.11 Å². The highest BCUT2D eigenvalue weighted by atomic mass is 16.5. The maximum Gasteiger partial charge on any atom is 0.314 e. The molecule has 3 heteroatoms. The lowest BCUT2D eigenvalue weighted by atomic mass is 9.63. The second-order valence-electron chi connectivity index (χ2n) is 5.68. The summed E-state index contributed by atoms with van der Waals surface area (Å²) in [5.74, 6) is 0.596. The minimum Gasteiger partial charge on any atom is -0.465 e. The molecule has 3 nitrogen and oxygen atoms in total. The molecule has 1 saturated carbocycles. The quantitative estimate of drug-likeness (QED) is 0.683. The van der Waals surface area contributed by atoms with Crippen LogP contribution in [0, 0.1) is 17.3 Å². The van der Waals surface area contributed by atoms with Gasteiger partial charge in [-0.2, -0.15) is 0 Å². The van der Waals surface area contributed by atoms with E-state index < -0.39 is 5.41 Å². The van der Waals surface area contributed by atoms with Crippen LogP contribution in [0.2, 0.25) is 0 Å². The molecule has 1 rings (SSSR count). The van der Waals surface area contributed by atoms with E-state index in [1.54, 1.807) is 7.11 Å². The van der Waals surface area contributed by atoms with E-state index in [-0.39, 0.29) is 11.9 Å². The highest BCUT2D eigenvalue weighted by molar-refractivity contribution is 5.78. The Balaban J connectivity index is 2.98. The molecule has 106 valence electrons. The van der Waals surface area contributed by atoms with Gasteiger partial charge in [0.05, 0.1) is 18.6 Å². The highest BCUT2D eigenvalue weighted by Gasteiger charge is 2.49. The van der Waals surface area contributed by atoms with Crippen LogP contribution in [0.5, 0.6) is 0 Å². The molecule has 1 atom stereocenters. The van der Waals surface area contributed by atoms with Crippen molar-refractivity contribution < 1.29 is 14.3 Å². The van der Waals surface area contributed by atoms with Gasteiger partial charge in [-0.1, -0.05) is 33.1 Å². The van der Waals surface area contributed by atoms with E-state index in [0.717, 1.165) is 12.8 Å². The Morgan fingerprint density at radius 1 is 1.28 bits per heavy atom. The second kappa shape index (κ2) is 7.13. The molecule has 0 aliphatic heterocycles. The Morgan fingerprint density at radius 3 is 2.33 bits per heavy atom. The van der Waals surface area contributed by atoms with Crippen molar-refractivity contribution in [1.82, 2.24) is 0 Å². The molecule has 0 saturated heterocycles. The van der Waals surface area contributed by atoms with E-state index in [2.05, 4.69) is 13.8 Å². The number of methoxy groups -OCH3 is 1. The van der Waals surface area contributed by atoms with Crippen molar-refractivity contribution >= 4 is 5.97 Å². The van der Waals surface area contributed by atoms with Crippen LogP contribution in [0.15, 0.2) is 0 Å². The van der Waals surface area contributed by atoms with E-state index in [0.29, 0.717) is 19.1 Å². The molecule has 0 amide bonds. The monoisotopic (exact) mass is 256 g/mol. The molecule has 0 aromatic rings. The maximum absolute atomic E-state index is 12.5. The van der Waals surface area contributed by atoms with Gasteiger partial charge in [0.1, 0.15) is 0 Å². The summed E-state index contributed by atoms with van der Waals surface area (Å²) in [7, 11) is 1.68. The topological polar surface area (TPSA) is 35.5 Å². The van der Waals surface area contributed by atoms with E-state index in [9.17, 15) is 4.79 Å². The number of hydrogen-bond acceptors (Lipinski definition) is 3. The van der Waals surface area contributed by atoms with Gasteiger partial charge >= 0.3 is 5.97 Å². The third-order valence-corrected chi connectivity index (χ3v) is 4.40. The van der Waals surface area contributed by atoms with Crippen LogP contribution < -0.4 is 0 Å². The molecule has 0 spiro atoms. The summed E-state index contributed by atoms with van der Waals surface area (Å²) in [6, 6.07) is 0. The molecule has 0 bridgehead atoms. The zero-order valence-corrected chi connectivity index (χ0v) is 12.3. The van der Waals surface area contributed by atoms with Crippen molar-refractivity contribution in [3.8, 4) is 0 Å². The molecule has 0 radical (unpaired) electrons. The summed E-state index contributed by atoms with van der Waals surface area (Å²) in [6.45, 7) is 7.03. The van der Waals surface area contributed by atoms with Crippen molar-refractivity contribution in [2.24, 2.45) is 17.3 Å². The molecular formula is C15H28O3. The molecule has 0 N–H and O–H groups in total. The number of carbonyl (C=O) groups is 1. The van der Waals surface area contributed by atoms with Crippen molar-refractivity contribution in [3.63, 3.8) is 0 Å². The normalized spacial score (nSPS) is 20.7. The van der Waals surface area contributed by atoms with Gasteiger partial charge in [-0.3, -0.25) is 4.79 Å². The highest BCUT2D eigenvalue weighted by Crippen LogP contribution is 2.45. The summed E-state index contributed by atoms with van der Waals surface area (Å²) in [4.78, 5) is 12.5. The van der Waals surface area contributed by atoms with Gasteiger partial charge in [0.2, 0.25) is 0 Å². The van der Waals surface area contributed by atoms with Crippen molar-refractivity contribution in [2.45, 2.75) is 52.9 Å². The Bertz CT molecular complexity index is 256. The predicted octanol–water partition coefficient (Wildman–Crippen LogP) is 3.42. The molecule has 0 aromatic carbocycles. The van der Waals surface area contributed by atoms with Crippen LogP contribution >= 0.6 is 0 Å². The minimum absolute atomic E-state index is 0.0613. The van der Waals surface area contributed by atoms with Gasteiger partial charge in [-0.05, 0) is 31.6 Å². The third-order valence-electron chi connectivity index (χ3n) is 4.40. The summed E-state index contributed by atoms with van der Waals surface area (Å²) < 4.78 is 10.7. The molecule has 0 heterocycles. The van der Waals surface area contributed by atoms with Crippen molar-refractivity contribution in [3.05, 3.63) is 0 Å². The number of hydrogen-bond donors (Lipinski definition) is 0. The van der Waals surface area contributed by atoms with Crippen LogP contribution in [0.1, 0.15) is 52.9 Å². The Hall–Kier alpha value is -0.570. The first-order valence-electron chi connectivity index (χ1n) is 7.25. The first kappa shape index (κ1) is 15.5. The number of carbonyl (C=O) groups excluding carboxylic acids is 1. The van der Waals surface area contributed by atoms with E-state index in [4.69, 9.17) is 9.47 Å². The van der Waals surface area contributed by atoms with Gasteiger partial charge in [-0.25, -0.2) is 0 Å². The van der Waals surface area contributed by atoms with Gasteiger partial charge in [0.15, 0.2) is 0 Å². The van der Waals surface area contributed by atoms with Crippen LogP contribution in [-0.2, 0) is 14.3 Å². The Labute approximate surface area is 111 Å². The number of esters is 1. The summed E-state index contributed by atoms with van der Waals surface area (Å²) >= 11 is 0. The standard InChI is InChI=1S/C15H28O3/c1-5-18-14(16)15(11-17-4,12(2)3)13-9-7-6-8-10-13/h12-13H,5-11H2,1-4H3. The van der Waals surface area contributed by atoms with Crippen molar-refractivity contribution in [1.29, 1.82) is 0 Å². The minimum atomic E-state index is -0.453. The molecule has 1 aliphatic carbocycles. The Kier molecular flexibility index (Phi) is 6.13. The lowest BCUT2D eigenvalue weighted by Gasteiger charge is -2.43. The van der Waals surface area contributed by atoms with Crippen LogP contribution in [0.3, 0.4) is 0 Å². The predicted molar refractivity (Wildman–Crippen MR) is 72.4 cm³/mol. The average Bonchev–Trinajstić information content (AvgIpc) is 2.36. The number of ether oxygens (including phenoxy) is 2. The van der Waals surface area contributed by atoms with Gasteiger partial charge in [-0.15, -0.1) is 0 Å². The smallest absolute Gasteiger partial charge is 0.314 e. The first-order chi connectivity index (χ1) is 8.59. The van der Waals surface area contributed by atoms with Crippen molar-refractivity contribution in [2.75, 3.05) is 20.3 Å². The largest absolute Gasteiger partial charge is 0.465 e. The van der Waals surface area contributed by atoms with E-state index in [1.807, 2.05) is 6.92 Å². The summed E-state index contributed by atoms with van der Waals surface area (Å²) in [6.07, 6.45) is 5.99. The molecule has 18 heavy (non-hydrogen) atoms. The van der Waals surface area contributed by atoms with Gasteiger partial charge in [0.25, 0.3) is 0 Å². The van der Waals surface area contributed by atoms with Crippen LogP contribution in [-0.4, -0.2) is 26.3 Å². The molecule has 1 aliphatic rings. The average molecular weight is 256 g/mol. The first-order valence-corrected chi connectivity index (χ1v) is 7.25. The van der Waals surface area contributed by atoms with E-state index >= 15 is 0 Å². The lowest BCUT2D eigenvalue weighted by molar-refractivity contribution is -0.170. The second-order valence-corrected chi connectivity index (χ2v) is 5.68. The zero-order chi connectivity index (χ0) is 13.6. The SMILES string of the molecule is CCOC(=O)C(COC)(C(C)C)C1CCCCC1. The van der Waals surface area contributed by atoms with Crippen LogP contribution in [0.4, 0.5) is 0 Å². The molecular weight excluding hydrogens is 228 g/mol. The summed E-state index contributed by atoms with van der Waals surface area (Å²) in [5, 5.41) is 0. The fraction of sp³-hybridized carbons (Fsp3) is 0.933. The van der Waals surface area contributed by atoms with E-state index in [1.165, 1.54) is 19.3 Å².